The first-order valence-corrected chi connectivity index (χ1v) is 5.86. The van der Waals surface area contributed by atoms with Crippen LogP contribution < -0.4 is 10.6 Å². The Hall–Kier alpha value is -0.650. The highest BCUT2D eigenvalue weighted by Crippen LogP contribution is 1.97. The lowest BCUT2D eigenvalue weighted by molar-refractivity contribution is -0.123. The fraction of sp³-hybridized carbons (Fsp3) is 0.909. The summed E-state index contributed by atoms with van der Waals surface area (Å²) in [7, 11) is 1.64. The minimum atomic E-state index is 0.0813. The van der Waals surface area contributed by atoms with E-state index in [0.29, 0.717) is 19.2 Å². The van der Waals surface area contributed by atoms with Gasteiger partial charge in [0.25, 0.3) is 0 Å². The first kappa shape index (κ1) is 13.4. The summed E-state index contributed by atoms with van der Waals surface area (Å²) in [5.74, 6) is 0.0821. The van der Waals surface area contributed by atoms with Crippen LogP contribution in [0.2, 0.25) is 0 Å². The number of nitrogens with one attached hydrogen (secondary N) is 2. The van der Waals surface area contributed by atoms with E-state index < -0.39 is 0 Å². The maximum Gasteiger partial charge on any atom is 0.234 e. The molecule has 0 aromatic rings. The van der Waals surface area contributed by atoms with Gasteiger partial charge in [-0.1, -0.05) is 0 Å². The zero-order valence-corrected chi connectivity index (χ0v) is 10.5. The number of piperazine rings is 1. The fourth-order valence-corrected chi connectivity index (χ4v) is 1.97. The van der Waals surface area contributed by atoms with Gasteiger partial charge in [-0.05, 0) is 13.8 Å². The van der Waals surface area contributed by atoms with Crippen molar-refractivity contribution in [2.24, 2.45) is 0 Å². The lowest BCUT2D eigenvalue weighted by Gasteiger charge is -2.31. The monoisotopic (exact) mass is 229 g/mol. The van der Waals surface area contributed by atoms with Crippen molar-refractivity contribution in [3.63, 3.8) is 0 Å². The highest BCUT2D eigenvalue weighted by atomic mass is 16.5. The van der Waals surface area contributed by atoms with Gasteiger partial charge in [-0.2, -0.15) is 0 Å². The molecule has 5 heteroatoms. The van der Waals surface area contributed by atoms with Gasteiger partial charge in [0.1, 0.15) is 0 Å². The Bertz CT molecular complexity index is 223. The number of methoxy groups -OCH3 is 1. The van der Waals surface area contributed by atoms with E-state index in [-0.39, 0.29) is 11.9 Å². The van der Waals surface area contributed by atoms with E-state index in [1.807, 2.05) is 6.92 Å². The van der Waals surface area contributed by atoms with Crippen molar-refractivity contribution in [2.45, 2.75) is 25.9 Å². The van der Waals surface area contributed by atoms with Crippen LogP contribution in [0.15, 0.2) is 0 Å². The van der Waals surface area contributed by atoms with Gasteiger partial charge in [-0.15, -0.1) is 0 Å². The summed E-state index contributed by atoms with van der Waals surface area (Å²) in [5, 5.41) is 6.27. The first-order chi connectivity index (χ1) is 7.61. The van der Waals surface area contributed by atoms with Crippen molar-refractivity contribution in [3.8, 4) is 0 Å². The molecule has 0 saturated carbocycles. The molecule has 1 amide bonds. The average Bonchev–Trinajstić information content (AvgIpc) is 2.17. The second kappa shape index (κ2) is 6.83. The quantitative estimate of drug-likeness (QED) is 0.663. The third-order valence-corrected chi connectivity index (χ3v) is 2.64. The molecule has 1 rings (SSSR count). The van der Waals surface area contributed by atoms with E-state index in [1.54, 1.807) is 7.11 Å². The van der Waals surface area contributed by atoms with Gasteiger partial charge in [-0.3, -0.25) is 9.69 Å². The molecule has 5 nitrogen and oxygen atoms in total. The molecule has 0 aliphatic carbocycles. The number of rotatable bonds is 5. The Morgan fingerprint density at radius 1 is 1.69 bits per heavy atom. The van der Waals surface area contributed by atoms with Crippen LogP contribution in [0.3, 0.4) is 0 Å². The Kier molecular flexibility index (Phi) is 5.73. The van der Waals surface area contributed by atoms with Crippen molar-refractivity contribution in [1.82, 2.24) is 15.5 Å². The summed E-state index contributed by atoms with van der Waals surface area (Å²) in [6.07, 6.45) is 0. The first-order valence-electron chi connectivity index (χ1n) is 5.86. The van der Waals surface area contributed by atoms with Crippen LogP contribution in [-0.2, 0) is 9.53 Å². The zero-order valence-electron chi connectivity index (χ0n) is 10.5. The third-order valence-electron chi connectivity index (χ3n) is 2.64. The predicted molar refractivity (Wildman–Crippen MR) is 63.4 cm³/mol. The van der Waals surface area contributed by atoms with Crippen LogP contribution in [0.25, 0.3) is 0 Å². The Balaban J connectivity index is 2.22. The minimum absolute atomic E-state index is 0.0813. The van der Waals surface area contributed by atoms with Crippen molar-refractivity contribution in [3.05, 3.63) is 0 Å². The van der Waals surface area contributed by atoms with Gasteiger partial charge in [-0.25, -0.2) is 0 Å². The molecule has 0 aromatic carbocycles. The minimum Gasteiger partial charge on any atom is -0.383 e. The summed E-state index contributed by atoms with van der Waals surface area (Å²) < 4.78 is 4.97. The second-order valence-electron chi connectivity index (χ2n) is 4.51. The molecule has 2 unspecified atom stereocenters. The van der Waals surface area contributed by atoms with E-state index in [9.17, 15) is 4.79 Å². The molecule has 0 aromatic heterocycles. The van der Waals surface area contributed by atoms with E-state index in [1.165, 1.54) is 0 Å². The maximum atomic E-state index is 11.7. The van der Waals surface area contributed by atoms with Gasteiger partial charge in [0.2, 0.25) is 5.91 Å². The van der Waals surface area contributed by atoms with E-state index in [2.05, 4.69) is 22.5 Å². The largest absolute Gasteiger partial charge is 0.383 e. The van der Waals surface area contributed by atoms with Crippen LogP contribution in [-0.4, -0.2) is 62.8 Å². The zero-order chi connectivity index (χ0) is 12.0. The summed E-state index contributed by atoms with van der Waals surface area (Å²) in [4.78, 5) is 13.9. The topological polar surface area (TPSA) is 53.6 Å². The number of nitrogens with zero attached hydrogens (tertiary/aromatic N) is 1. The van der Waals surface area contributed by atoms with Crippen LogP contribution in [0.1, 0.15) is 13.8 Å². The molecule has 1 aliphatic heterocycles. The lowest BCUT2D eigenvalue weighted by atomic mass is 10.2. The van der Waals surface area contributed by atoms with Crippen molar-refractivity contribution in [1.29, 1.82) is 0 Å². The van der Waals surface area contributed by atoms with Crippen molar-refractivity contribution < 1.29 is 9.53 Å². The molecule has 2 atom stereocenters. The molecule has 0 radical (unpaired) electrons. The molecular formula is C11H23N3O2. The number of carbonyl (C=O) groups excluding carboxylic acids is 1. The SMILES string of the molecule is COCC(C)NC(=O)CN1CCNC(C)C1. The van der Waals surface area contributed by atoms with E-state index >= 15 is 0 Å². The van der Waals surface area contributed by atoms with E-state index in [0.717, 1.165) is 19.6 Å². The molecule has 1 saturated heterocycles. The Morgan fingerprint density at radius 3 is 3.06 bits per heavy atom. The van der Waals surface area contributed by atoms with Crippen LogP contribution in [0.4, 0.5) is 0 Å². The van der Waals surface area contributed by atoms with Crippen LogP contribution >= 0.6 is 0 Å². The number of amides is 1. The summed E-state index contributed by atoms with van der Waals surface area (Å²) in [5.41, 5.74) is 0. The van der Waals surface area contributed by atoms with Crippen LogP contribution in [0, 0.1) is 0 Å². The van der Waals surface area contributed by atoms with Gasteiger partial charge in [0, 0.05) is 38.8 Å². The van der Waals surface area contributed by atoms with Gasteiger partial charge in [0.15, 0.2) is 0 Å². The molecule has 2 N–H and O–H groups in total. The molecule has 0 spiro atoms. The molecule has 0 bridgehead atoms. The smallest absolute Gasteiger partial charge is 0.234 e. The molecule has 1 aliphatic rings. The second-order valence-corrected chi connectivity index (χ2v) is 4.51. The third kappa shape index (κ3) is 4.92. The normalized spacial score (nSPS) is 24.1. The number of carbonyl (C=O) groups is 1. The average molecular weight is 229 g/mol. The predicted octanol–water partition coefficient (Wildman–Crippen LogP) is -0.569. The molecule has 94 valence electrons. The molecule has 1 heterocycles. The summed E-state index contributed by atoms with van der Waals surface area (Å²) >= 11 is 0. The van der Waals surface area contributed by atoms with Crippen molar-refractivity contribution >= 4 is 5.91 Å². The molecule has 1 fully saturated rings. The van der Waals surface area contributed by atoms with Crippen molar-refractivity contribution in [2.75, 3.05) is 39.9 Å². The fourth-order valence-electron chi connectivity index (χ4n) is 1.97. The molecule has 16 heavy (non-hydrogen) atoms. The Morgan fingerprint density at radius 2 is 2.44 bits per heavy atom. The standard InChI is InChI=1S/C11H23N3O2/c1-9-6-14(5-4-12-9)7-11(15)13-10(2)8-16-3/h9-10,12H,4-8H2,1-3H3,(H,13,15). The number of hydrogen-bond acceptors (Lipinski definition) is 4. The Labute approximate surface area is 97.5 Å². The lowest BCUT2D eigenvalue weighted by Crippen LogP contribution is -2.52. The molecular weight excluding hydrogens is 206 g/mol. The van der Waals surface area contributed by atoms with E-state index in [4.69, 9.17) is 4.74 Å². The highest BCUT2D eigenvalue weighted by Gasteiger charge is 2.18. The van der Waals surface area contributed by atoms with Gasteiger partial charge >= 0.3 is 0 Å². The highest BCUT2D eigenvalue weighted by molar-refractivity contribution is 5.78. The number of ether oxygens (including phenoxy) is 1. The maximum absolute atomic E-state index is 11.7. The summed E-state index contributed by atoms with van der Waals surface area (Å²) in [6.45, 7) is 7.97. The van der Waals surface area contributed by atoms with Gasteiger partial charge in [0.05, 0.1) is 13.2 Å². The number of hydrogen-bond donors (Lipinski definition) is 2. The summed E-state index contributed by atoms with van der Waals surface area (Å²) in [6, 6.07) is 0.552. The van der Waals surface area contributed by atoms with Gasteiger partial charge < -0.3 is 15.4 Å². The van der Waals surface area contributed by atoms with Crippen LogP contribution in [0.5, 0.6) is 0 Å².